The van der Waals surface area contributed by atoms with Crippen LogP contribution < -0.4 is 11.4 Å². The van der Waals surface area contributed by atoms with Crippen LogP contribution >= 0.6 is 11.6 Å². The largest absolute Gasteiger partial charge is 0.383 e. The number of nitrogen functional groups attached to an aromatic ring is 1. The Morgan fingerprint density at radius 2 is 2.47 bits per heavy atom. The molecule has 82 valence electrons. The van der Waals surface area contributed by atoms with Crippen molar-refractivity contribution in [3.05, 3.63) is 22.7 Å². The Hall–Kier alpha value is -1.07. The number of ether oxygens (including phenoxy) is 1. The van der Waals surface area contributed by atoms with Crippen LogP contribution in [0.15, 0.2) is 17.1 Å². The molecular weight excluding hydrogens is 218 g/mol. The summed E-state index contributed by atoms with van der Waals surface area (Å²) in [6, 6.07) is 1.58. The van der Waals surface area contributed by atoms with E-state index in [0.29, 0.717) is 5.88 Å². The first-order valence-electron chi connectivity index (χ1n) is 4.77. The van der Waals surface area contributed by atoms with E-state index in [0.717, 1.165) is 12.8 Å². The molecule has 1 aliphatic heterocycles. The summed E-state index contributed by atoms with van der Waals surface area (Å²) >= 11 is 5.68. The van der Waals surface area contributed by atoms with Crippen molar-refractivity contribution in [2.75, 3.05) is 11.6 Å². The van der Waals surface area contributed by atoms with Crippen molar-refractivity contribution in [1.29, 1.82) is 0 Å². The highest BCUT2D eigenvalue weighted by Gasteiger charge is 2.26. The summed E-state index contributed by atoms with van der Waals surface area (Å²) in [5.74, 6) is 0.677. The molecule has 15 heavy (non-hydrogen) atoms. The highest BCUT2D eigenvalue weighted by molar-refractivity contribution is 6.18. The Bertz CT molecular complexity index is 407. The molecule has 2 heterocycles. The summed E-state index contributed by atoms with van der Waals surface area (Å²) in [5.41, 5.74) is 5.01. The van der Waals surface area contributed by atoms with Crippen LogP contribution in [0.2, 0.25) is 0 Å². The predicted octanol–water partition coefficient (Wildman–Crippen LogP) is 0.742. The lowest BCUT2D eigenvalue weighted by molar-refractivity contribution is 0.00958. The smallest absolute Gasteiger partial charge is 0.351 e. The van der Waals surface area contributed by atoms with Crippen LogP contribution in [0.4, 0.5) is 5.82 Å². The Labute approximate surface area is 91.8 Å². The van der Waals surface area contributed by atoms with E-state index in [2.05, 4.69) is 4.98 Å². The topological polar surface area (TPSA) is 70.1 Å². The molecule has 0 aromatic carbocycles. The standard InChI is InChI=1S/C9H12ClN3O2/c10-5-6-1-2-8(15-6)13-4-3-7(11)12-9(13)14/h3-4,6,8H,1-2,5H2,(H2,11,12,14)/t6-,8+/m0/s1. The van der Waals surface area contributed by atoms with Crippen molar-refractivity contribution in [2.24, 2.45) is 0 Å². The van der Waals surface area contributed by atoms with E-state index in [4.69, 9.17) is 22.1 Å². The first kappa shape index (κ1) is 10.4. The van der Waals surface area contributed by atoms with Crippen LogP contribution in [0.1, 0.15) is 19.1 Å². The monoisotopic (exact) mass is 229 g/mol. The zero-order valence-electron chi connectivity index (χ0n) is 8.10. The summed E-state index contributed by atoms with van der Waals surface area (Å²) in [6.45, 7) is 0. The minimum absolute atomic E-state index is 0.0288. The van der Waals surface area contributed by atoms with Gasteiger partial charge in [-0.05, 0) is 18.9 Å². The van der Waals surface area contributed by atoms with Crippen LogP contribution in [0.3, 0.4) is 0 Å². The SMILES string of the molecule is Nc1ccn([C@H]2CC[C@@H](CCl)O2)c(=O)n1. The molecule has 1 fully saturated rings. The third kappa shape index (κ3) is 2.13. The Morgan fingerprint density at radius 1 is 1.67 bits per heavy atom. The molecule has 1 saturated heterocycles. The molecule has 1 aliphatic rings. The van der Waals surface area contributed by atoms with Gasteiger partial charge in [0.15, 0.2) is 0 Å². The van der Waals surface area contributed by atoms with Gasteiger partial charge in [-0.1, -0.05) is 0 Å². The molecule has 6 heteroatoms. The number of anilines is 1. The van der Waals surface area contributed by atoms with Gasteiger partial charge in [0.25, 0.3) is 0 Å². The van der Waals surface area contributed by atoms with Gasteiger partial charge in [-0.15, -0.1) is 11.6 Å². The third-order valence-electron chi connectivity index (χ3n) is 2.42. The molecule has 1 aromatic heterocycles. The Balaban J connectivity index is 2.20. The van der Waals surface area contributed by atoms with Crippen molar-refractivity contribution in [3.8, 4) is 0 Å². The number of hydrogen-bond donors (Lipinski definition) is 1. The van der Waals surface area contributed by atoms with Crippen LogP contribution in [-0.4, -0.2) is 21.5 Å². The van der Waals surface area contributed by atoms with Gasteiger partial charge in [0.1, 0.15) is 12.0 Å². The lowest BCUT2D eigenvalue weighted by atomic mass is 10.2. The number of halogens is 1. The van der Waals surface area contributed by atoms with E-state index in [9.17, 15) is 4.79 Å². The maximum absolute atomic E-state index is 11.5. The fourth-order valence-corrected chi connectivity index (χ4v) is 1.88. The van der Waals surface area contributed by atoms with Crippen molar-refractivity contribution in [3.63, 3.8) is 0 Å². The quantitative estimate of drug-likeness (QED) is 0.760. The van der Waals surface area contributed by atoms with E-state index in [1.807, 2.05) is 0 Å². The molecule has 2 atom stereocenters. The average molecular weight is 230 g/mol. The zero-order chi connectivity index (χ0) is 10.8. The van der Waals surface area contributed by atoms with Gasteiger partial charge in [-0.2, -0.15) is 4.98 Å². The maximum atomic E-state index is 11.5. The Morgan fingerprint density at radius 3 is 3.07 bits per heavy atom. The average Bonchev–Trinajstić information content (AvgIpc) is 2.66. The highest BCUT2D eigenvalue weighted by atomic mass is 35.5. The molecule has 0 unspecified atom stereocenters. The second-order valence-corrected chi connectivity index (χ2v) is 3.80. The second kappa shape index (κ2) is 4.20. The molecule has 5 nitrogen and oxygen atoms in total. The minimum Gasteiger partial charge on any atom is -0.383 e. The van der Waals surface area contributed by atoms with Gasteiger partial charge < -0.3 is 10.5 Å². The summed E-state index contributed by atoms with van der Waals surface area (Å²) in [5, 5.41) is 0. The molecule has 0 aliphatic carbocycles. The van der Waals surface area contributed by atoms with Crippen LogP contribution in [0.25, 0.3) is 0 Å². The van der Waals surface area contributed by atoms with E-state index >= 15 is 0 Å². The van der Waals surface area contributed by atoms with Crippen molar-refractivity contribution in [1.82, 2.24) is 9.55 Å². The number of nitrogens with zero attached hydrogens (tertiary/aromatic N) is 2. The predicted molar refractivity (Wildman–Crippen MR) is 56.8 cm³/mol. The van der Waals surface area contributed by atoms with Crippen LogP contribution in [-0.2, 0) is 4.74 Å². The summed E-state index contributed by atoms with van der Waals surface area (Å²) < 4.78 is 7.01. The van der Waals surface area contributed by atoms with Crippen molar-refractivity contribution in [2.45, 2.75) is 25.2 Å². The summed E-state index contributed by atoms with van der Waals surface area (Å²) in [4.78, 5) is 15.1. The number of nitrogens with two attached hydrogens (primary N) is 1. The summed E-state index contributed by atoms with van der Waals surface area (Å²) in [6.07, 6.45) is 3.02. The molecule has 2 N–H and O–H groups in total. The normalized spacial score (nSPS) is 25.7. The first-order valence-corrected chi connectivity index (χ1v) is 5.30. The highest BCUT2D eigenvalue weighted by Crippen LogP contribution is 2.27. The van der Waals surface area contributed by atoms with E-state index < -0.39 is 0 Å². The third-order valence-corrected chi connectivity index (χ3v) is 2.76. The lowest BCUT2D eigenvalue weighted by Crippen LogP contribution is -2.27. The first-order chi connectivity index (χ1) is 7.20. The van der Waals surface area contributed by atoms with Gasteiger partial charge >= 0.3 is 5.69 Å². The molecule has 2 rings (SSSR count). The van der Waals surface area contributed by atoms with E-state index in [-0.39, 0.29) is 23.8 Å². The van der Waals surface area contributed by atoms with Gasteiger partial charge in [0.05, 0.1) is 6.10 Å². The van der Waals surface area contributed by atoms with Gasteiger partial charge in [-0.25, -0.2) is 4.79 Å². The van der Waals surface area contributed by atoms with Gasteiger partial charge in [0.2, 0.25) is 0 Å². The van der Waals surface area contributed by atoms with Gasteiger partial charge in [0, 0.05) is 12.1 Å². The van der Waals surface area contributed by atoms with E-state index in [1.54, 1.807) is 12.3 Å². The lowest BCUT2D eigenvalue weighted by Gasteiger charge is -2.14. The minimum atomic E-state index is -0.379. The molecule has 0 bridgehead atoms. The molecule has 0 radical (unpaired) electrons. The number of rotatable bonds is 2. The Kier molecular flexibility index (Phi) is 2.93. The number of alkyl halides is 1. The van der Waals surface area contributed by atoms with Crippen molar-refractivity contribution >= 4 is 17.4 Å². The maximum Gasteiger partial charge on any atom is 0.351 e. The van der Waals surface area contributed by atoms with Crippen molar-refractivity contribution < 1.29 is 4.74 Å². The fraction of sp³-hybridized carbons (Fsp3) is 0.556. The summed E-state index contributed by atoms with van der Waals surface area (Å²) in [7, 11) is 0. The molecule has 0 spiro atoms. The second-order valence-electron chi connectivity index (χ2n) is 3.49. The van der Waals surface area contributed by atoms with E-state index in [1.165, 1.54) is 4.57 Å². The van der Waals surface area contributed by atoms with Gasteiger partial charge in [-0.3, -0.25) is 4.57 Å². The van der Waals surface area contributed by atoms with Crippen LogP contribution in [0, 0.1) is 0 Å². The number of aromatic nitrogens is 2. The molecule has 1 aromatic rings. The molecule has 0 amide bonds. The zero-order valence-corrected chi connectivity index (χ0v) is 8.85. The van der Waals surface area contributed by atoms with Crippen LogP contribution in [0.5, 0.6) is 0 Å². The number of hydrogen-bond acceptors (Lipinski definition) is 4. The fourth-order valence-electron chi connectivity index (χ4n) is 1.65. The molecule has 0 saturated carbocycles. The molecular formula is C9H12ClN3O2.